The maximum atomic E-state index is 11.6. The molecule has 1 amide bonds. The maximum absolute atomic E-state index is 11.6. The summed E-state index contributed by atoms with van der Waals surface area (Å²) in [6, 6.07) is 9.96. The average Bonchev–Trinajstić information content (AvgIpc) is 2.39. The van der Waals surface area contributed by atoms with E-state index in [0.29, 0.717) is 6.42 Å². The molecule has 19 heavy (non-hydrogen) atoms. The Morgan fingerprint density at radius 3 is 2.58 bits per heavy atom. The minimum absolute atomic E-state index is 0.108. The molecule has 1 aromatic carbocycles. The summed E-state index contributed by atoms with van der Waals surface area (Å²) in [6.45, 7) is 4.47. The van der Waals surface area contributed by atoms with Gasteiger partial charge in [-0.3, -0.25) is 4.79 Å². The Labute approximate surface area is 116 Å². The Hall–Kier alpha value is -1.57. The largest absolute Gasteiger partial charge is 0.333 e. The van der Waals surface area contributed by atoms with Crippen molar-refractivity contribution < 1.29 is 4.79 Å². The SMILES string of the molecule is CC(C)CCCCCC(=O)N/C=C/c1ccccc1. The fourth-order valence-electron chi connectivity index (χ4n) is 1.88. The van der Waals surface area contributed by atoms with E-state index in [1.165, 1.54) is 12.8 Å². The van der Waals surface area contributed by atoms with Gasteiger partial charge in [0.1, 0.15) is 0 Å². The minimum atomic E-state index is 0.108. The molecule has 0 radical (unpaired) electrons. The van der Waals surface area contributed by atoms with Crippen LogP contribution in [0.15, 0.2) is 36.5 Å². The van der Waals surface area contributed by atoms with Crippen molar-refractivity contribution in [2.75, 3.05) is 0 Å². The number of hydrogen-bond donors (Lipinski definition) is 1. The number of carbonyl (C=O) groups excluding carboxylic acids is 1. The van der Waals surface area contributed by atoms with Gasteiger partial charge < -0.3 is 5.32 Å². The highest BCUT2D eigenvalue weighted by Gasteiger charge is 1.99. The third-order valence-electron chi connectivity index (χ3n) is 3.00. The van der Waals surface area contributed by atoms with Gasteiger partial charge >= 0.3 is 0 Å². The molecule has 0 saturated heterocycles. The standard InChI is InChI=1S/C17H25NO/c1-15(2)9-5-3-8-12-17(19)18-14-13-16-10-6-4-7-11-16/h4,6-7,10-11,13-15H,3,5,8-9,12H2,1-2H3,(H,18,19)/b14-13+. The third-order valence-corrected chi connectivity index (χ3v) is 3.00. The second-order valence-electron chi connectivity index (χ2n) is 5.30. The van der Waals surface area contributed by atoms with Crippen molar-refractivity contribution in [1.82, 2.24) is 5.32 Å². The van der Waals surface area contributed by atoms with Crippen LogP contribution in [0.3, 0.4) is 0 Å². The Balaban J connectivity index is 2.10. The molecule has 0 heterocycles. The quantitative estimate of drug-likeness (QED) is 0.690. The van der Waals surface area contributed by atoms with Crippen molar-refractivity contribution in [2.24, 2.45) is 5.92 Å². The molecule has 0 saturated carbocycles. The van der Waals surface area contributed by atoms with E-state index >= 15 is 0 Å². The molecule has 104 valence electrons. The normalized spacial score (nSPS) is 11.1. The first kappa shape index (κ1) is 15.5. The van der Waals surface area contributed by atoms with Crippen molar-refractivity contribution in [3.63, 3.8) is 0 Å². The Bertz CT molecular complexity index is 382. The van der Waals surface area contributed by atoms with Crippen LogP contribution in [0, 0.1) is 5.92 Å². The number of carbonyl (C=O) groups is 1. The first-order valence-electron chi connectivity index (χ1n) is 7.19. The van der Waals surface area contributed by atoms with Gasteiger partial charge in [-0.1, -0.05) is 63.4 Å². The van der Waals surface area contributed by atoms with Crippen molar-refractivity contribution in [3.05, 3.63) is 42.1 Å². The van der Waals surface area contributed by atoms with Crippen LogP contribution in [-0.4, -0.2) is 5.91 Å². The van der Waals surface area contributed by atoms with Crippen LogP contribution in [0.25, 0.3) is 6.08 Å². The molecule has 0 unspecified atom stereocenters. The summed E-state index contributed by atoms with van der Waals surface area (Å²) in [5.41, 5.74) is 1.10. The third kappa shape index (κ3) is 8.20. The first-order chi connectivity index (χ1) is 9.18. The van der Waals surface area contributed by atoms with Crippen molar-refractivity contribution >= 4 is 12.0 Å². The van der Waals surface area contributed by atoms with E-state index in [1.54, 1.807) is 6.20 Å². The minimum Gasteiger partial charge on any atom is -0.333 e. The van der Waals surface area contributed by atoms with Crippen LogP contribution < -0.4 is 5.32 Å². The molecule has 0 fully saturated rings. The van der Waals surface area contributed by atoms with Gasteiger partial charge in [0.25, 0.3) is 0 Å². The van der Waals surface area contributed by atoms with E-state index in [1.807, 2.05) is 36.4 Å². The van der Waals surface area contributed by atoms with Crippen LogP contribution in [-0.2, 0) is 4.79 Å². The zero-order valence-electron chi connectivity index (χ0n) is 12.1. The summed E-state index contributed by atoms with van der Waals surface area (Å²) in [4.78, 5) is 11.6. The molecule has 0 aliphatic rings. The van der Waals surface area contributed by atoms with E-state index in [0.717, 1.165) is 24.3 Å². The number of hydrogen-bond acceptors (Lipinski definition) is 1. The zero-order valence-corrected chi connectivity index (χ0v) is 12.1. The Morgan fingerprint density at radius 2 is 1.89 bits per heavy atom. The highest BCUT2D eigenvalue weighted by molar-refractivity contribution is 5.77. The molecule has 1 aromatic rings. The topological polar surface area (TPSA) is 29.1 Å². The van der Waals surface area contributed by atoms with E-state index in [4.69, 9.17) is 0 Å². The van der Waals surface area contributed by atoms with Crippen LogP contribution in [0.5, 0.6) is 0 Å². The van der Waals surface area contributed by atoms with Crippen molar-refractivity contribution in [1.29, 1.82) is 0 Å². The van der Waals surface area contributed by atoms with Gasteiger partial charge in [-0.25, -0.2) is 0 Å². The fourth-order valence-corrected chi connectivity index (χ4v) is 1.88. The number of benzene rings is 1. The monoisotopic (exact) mass is 259 g/mol. The van der Waals surface area contributed by atoms with Gasteiger partial charge in [-0.05, 0) is 24.0 Å². The van der Waals surface area contributed by atoms with Crippen LogP contribution >= 0.6 is 0 Å². The molecule has 0 aliphatic heterocycles. The molecule has 0 aliphatic carbocycles. The predicted octanol–water partition coefficient (Wildman–Crippen LogP) is 4.38. The van der Waals surface area contributed by atoms with Crippen LogP contribution in [0.2, 0.25) is 0 Å². The molecule has 1 N–H and O–H groups in total. The van der Waals surface area contributed by atoms with Crippen molar-refractivity contribution in [2.45, 2.75) is 46.0 Å². The Kier molecular flexibility index (Phi) is 7.64. The van der Waals surface area contributed by atoms with E-state index < -0.39 is 0 Å². The van der Waals surface area contributed by atoms with Crippen molar-refractivity contribution in [3.8, 4) is 0 Å². The summed E-state index contributed by atoms with van der Waals surface area (Å²) >= 11 is 0. The molecular weight excluding hydrogens is 234 g/mol. The summed E-state index contributed by atoms with van der Waals surface area (Å²) in [6.07, 6.45) is 8.88. The second-order valence-corrected chi connectivity index (χ2v) is 5.30. The van der Waals surface area contributed by atoms with Gasteiger partial charge in [0, 0.05) is 12.6 Å². The molecule has 0 bridgehead atoms. The first-order valence-corrected chi connectivity index (χ1v) is 7.19. The van der Waals surface area contributed by atoms with Crippen LogP contribution in [0.4, 0.5) is 0 Å². The van der Waals surface area contributed by atoms with Gasteiger partial charge in [-0.2, -0.15) is 0 Å². The van der Waals surface area contributed by atoms with Gasteiger partial charge in [-0.15, -0.1) is 0 Å². The molecule has 0 aromatic heterocycles. The second kappa shape index (κ2) is 9.37. The molecule has 1 rings (SSSR count). The molecule has 0 spiro atoms. The summed E-state index contributed by atoms with van der Waals surface area (Å²) < 4.78 is 0. The van der Waals surface area contributed by atoms with E-state index in [2.05, 4.69) is 19.2 Å². The van der Waals surface area contributed by atoms with Crippen LogP contribution in [0.1, 0.15) is 51.5 Å². The summed E-state index contributed by atoms with van der Waals surface area (Å²) in [7, 11) is 0. The number of nitrogens with one attached hydrogen (secondary N) is 1. The summed E-state index contributed by atoms with van der Waals surface area (Å²) in [5, 5.41) is 2.81. The highest BCUT2D eigenvalue weighted by atomic mass is 16.1. The van der Waals surface area contributed by atoms with E-state index in [9.17, 15) is 4.79 Å². The highest BCUT2D eigenvalue weighted by Crippen LogP contribution is 2.09. The molecule has 2 nitrogen and oxygen atoms in total. The number of rotatable bonds is 8. The zero-order chi connectivity index (χ0) is 13.9. The maximum Gasteiger partial charge on any atom is 0.223 e. The lowest BCUT2D eigenvalue weighted by Gasteiger charge is -2.04. The molecular formula is C17H25NO. The smallest absolute Gasteiger partial charge is 0.223 e. The summed E-state index contributed by atoms with van der Waals surface area (Å²) in [5.74, 6) is 0.874. The van der Waals surface area contributed by atoms with E-state index in [-0.39, 0.29) is 5.91 Å². The molecule has 0 atom stereocenters. The van der Waals surface area contributed by atoms with Gasteiger partial charge in [0.05, 0.1) is 0 Å². The molecule has 2 heteroatoms. The lowest BCUT2D eigenvalue weighted by atomic mass is 10.0. The van der Waals surface area contributed by atoms with Gasteiger partial charge in [0.2, 0.25) is 5.91 Å². The lowest BCUT2D eigenvalue weighted by molar-refractivity contribution is -0.120. The predicted molar refractivity (Wildman–Crippen MR) is 81.5 cm³/mol. The number of unbranched alkanes of at least 4 members (excludes halogenated alkanes) is 2. The lowest BCUT2D eigenvalue weighted by Crippen LogP contribution is -2.16. The Morgan fingerprint density at radius 1 is 1.16 bits per heavy atom. The number of amides is 1. The van der Waals surface area contributed by atoms with Gasteiger partial charge in [0.15, 0.2) is 0 Å². The average molecular weight is 259 g/mol. The fraction of sp³-hybridized carbons (Fsp3) is 0.471.